The molecule has 2 heterocycles. The summed E-state index contributed by atoms with van der Waals surface area (Å²) in [6.07, 6.45) is 5.02. The molecule has 55 heavy (non-hydrogen) atoms. The first-order valence-corrected chi connectivity index (χ1v) is 19.7. The number of nitrogens with zero attached hydrogens (tertiary/aromatic N) is 2. The first kappa shape index (κ1) is 30.8. The largest absolute Gasteiger partial charge is 0.309 e. The van der Waals surface area contributed by atoms with Gasteiger partial charge in [-0.3, -0.25) is 0 Å². The summed E-state index contributed by atoms with van der Waals surface area (Å²) in [5.41, 5.74) is 18.3. The highest BCUT2D eigenvalue weighted by molar-refractivity contribution is 6.26. The van der Waals surface area contributed by atoms with Gasteiger partial charge < -0.3 is 9.13 Å². The average Bonchev–Trinajstić information content (AvgIpc) is 4.03. The normalized spacial score (nSPS) is 14.4. The van der Waals surface area contributed by atoms with Gasteiger partial charge in [-0.2, -0.15) is 0 Å². The second-order valence-corrected chi connectivity index (χ2v) is 15.6. The molecule has 0 bridgehead atoms. The molecule has 1 fully saturated rings. The van der Waals surface area contributed by atoms with Crippen molar-refractivity contribution in [1.82, 2.24) is 9.13 Å². The van der Waals surface area contributed by atoms with Crippen molar-refractivity contribution in [3.05, 3.63) is 193 Å². The number of aromatic nitrogens is 2. The van der Waals surface area contributed by atoms with Gasteiger partial charge in [0.15, 0.2) is 0 Å². The Balaban J connectivity index is 1.05. The van der Waals surface area contributed by atoms with Crippen molar-refractivity contribution in [1.29, 1.82) is 0 Å². The minimum atomic E-state index is 0.113. The monoisotopic (exact) mass is 702 g/mol. The second kappa shape index (κ2) is 11.7. The molecular formula is C53H38N2. The van der Waals surface area contributed by atoms with E-state index < -0.39 is 0 Å². The number of fused-ring (bicyclic) bond motifs is 12. The molecule has 2 heteroatoms. The number of hydrogen-bond donors (Lipinski definition) is 0. The Labute approximate surface area is 320 Å². The maximum Gasteiger partial charge on any atom is 0.0641 e. The van der Waals surface area contributed by atoms with E-state index in [4.69, 9.17) is 0 Å². The van der Waals surface area contributed by atoms with E-state index in [1.807, 2.05) is 0 Å². The summed E-state index contributed by atoms with van der Waals surface area (Å²) in [6.45, 7) is 0. The van der Waals surface area contributed by atoms with Gasteiger partial charge in [0.05, 0.1) is 22.1 Å². The van der Waals surface area contributed by atoms with E-state index in [1.165, 1.54) is 119 Å². The molecule has 2 nitrogen and oxygen atoms in total. The van der Waals surface area contributed by atoms with Crippen LogP contribution in [0, 0.1) is 0 Å². The van der Waals surface area contributed by atoms with Gasteiger partial charge in [-0.15, -0.1) is 0 Å². The van der Waals surface area contributed by atoms with Crippen molar-refractivity contribution >= 4 is 43.6 Å². The number of hydrogen-bond acceptors (Lipinski definition) is 0. The van der Waals surface area contributed by atoms with Crippen LogP contribution >= 0.6 is 0 Å². The molecule has 0 radical (unpaired) electrons. The van der Waals surface area contributed by atoms with Crippen LogP contribution < -0.4 is 0 Å². The Morgan fingerprint density at radius 3 is 1.67 bits per heavy atom. The Hall–Kier alpha value is -6.64. The summed E-state index contributed by atoms with van der Waals surface area (Å²) < 4.78 is 5.03. The fraction of sp³-hybridized carbons (Fsp3) is 0.0943. The van der Waals surface area contributed by atoms with E-state index in [1.54, 1.807) is 0 Å². The highest BCUT2D eigenvalue weighted by Gasteiger charge is 2.45. The van der Waals surface area contributed by atoms with Crippen LogP contribution in [0.3, 0.4) is 0 Å². The van der Waals surface area contributed by atoms with Crippen LogP contribution in [0.15, 0.2) is 182 Å². The molecule has 0 saturated heterocycles. The first-order valence-electron chi connectivity index (χ1n) is 19.7. The first-order chi connectivity index (χ1) is 27.3. The molecule has 2 aliphatic carbocycles. The number of benzene rings is 8. The number of para-hydroxylation sites is 2. The molecule has 2 aromatic heterocycles. The van der Waals surface area contributed by atoms with E-state index in [2.05, 4.69) is 191 Å². The molecule has 0 amide bonds. The smallest absolute Gasteiger partial charge is 0.0641 e. The van der Waals surface area contributed by atoms with Gasteiger partial charge in [0.25, 0.3) is 0 Å². The van der Waals surface area contributed by atoms with Crippen molar-refractivity contribution in [3.8, 4) is 44.8 Å². The third-order valence-electron chi connectivity index (χ3n) is 12.9. The number of rotatable bonds is 4. The van der Waals surface area contributed by atoms with Crippen LogP contribution in [0.5, 0.6) is 0 Å². The summed E-state index contributed by atoms with van der Waals surface area (Å²) in [5, 5.41) is 5.15. The van der Waals surface area contributed by atoms with Gasteiger partial charge in [0.2, 0.25) is 0 Å². The molecular weight excluding hydrogens is 665 g/mol. The van der Waals surface area contributed by atoms with Gasteiger partial charge >= 0.3 is 0 Å². The maximum atomic E-state index is 2.57. The van der Waals surface area contributed by atoms with Gasteiger partial charge in [0, 0.05) is 38.3 Å². The van der Waals surface area contributed by atoms with Crippen molar-refractivity contribution in [3.63, 3.8) is 0 Å². The summed E-state index contributed by atoms with van der Waals surface area (Å²) in [5.74, 6) is 0. The Kier molecular flexibility index (Phi) is 6.54. The van der Waals surface area contributed by atoms with Crippen molar-refractivity contribution in [2.45, 2.75) is 31.1 Å². The quantitative estimate of drug-likeness (QED) is 0.173. The Morgan fingerprint density at radius 1 is 0.364 bits per heavy atom. The Morgan fingerprint density at radius 2 is 0.927 bits per heavy atom. The van der Waals surface area contributed by atoms with Gasteiger partial charge in [-0.1, -0.05) is 152 Å². The van der Waals surface area contributed by atoms with Crippen LogP contribution in [-0.4, -0.2) is 9.13 Å². The fourth-order valence-electron chi connectivity index (χ4n) is 10.4. The fourth-order valence-corrected chi connectivity index (χ4v) is 10.4. The molecule has 0 atom stereocenters. The Bertz CT molecular complexity index is 3120. The predicted molar refractivity (Wildman–Crippen MR) is 231 cm³/mol. The summed E-state index contributed by atoms with van der Waals surface area (Å²) in [4.78, 5) is 0. The molecule has 8 aromatic carbocycles. The third-order valence-corrected chi connectivity index (χ3v) is 12.9. The predicted octanol–water partition coefficient (Wildman–Crippen LogP) is 14.1. The average molecular weight is 703 g/mol. The maximum absolute atomic E-state index is 2.57. The molecule has 0 unspecified atom stereocenters. The minimum Gasteiger partial charge on any atom is -0.309 e. The van der Waals surface area contributed by atoms with Crippen LogP contribution in [0.25, 0.3) is 88.4 Å². The lowest BCUT2D eigenvalue weighted by molar-refractivity contribution is 0.549. The lowest BCUT2D eigenvalue weighted by Gasteiger charge is -2.27. The summed E-state index contributed by atoms with van der Waals surface area (Å²) in [7, 11) is 0. The zero-order valence-electron chi connectivity index (χ0n) is 30.5. The molecule has 0 aliphatic heterocycles. The second-order valence-electron chi connectivity index (χ2n) is 15.6. The minimum absolute atomic E-state index is 0.113. The molecule has 0 N–H and O–H groups in total. The van der Waals surface area contributed by atoms with Crippen LogP contribution in [0.4, 0.5) is 0 Å². The molecule has 10 aromatic rings. The van der Waals surface area contributed by atoms with Crippen molar-refractivity contribution < 1.29 is 0 Å². The van der Waals surface area contributed by atoms with E-state index >= 15 is 0 Å². The zero-order valence-corrected chi connectivity index (χ0v) is 30.5. The standard InChI is InChI=1S/C53H38N2/c1-2-12-35(13-3-1)36-20-22-37(23-21-36)38-24-26-39(27-25-38)54-49-19-9-6-16-45(49)51-50(54)31-30-44-43-15-5-8-18-48(43)55(52(44)51)40-28-29-42-41-14-4-7-17-46(41)53(47(42)34-40)32-10-11-33-53/h1-9,12-31,34H,10-11,32-33H2. The lowest BCUT2D eigenvalue weighted by Crippen LogP contribution is -2.20. The van der Waals surface area contributed by atoms with Crippen molar-refractivity contribution in [2.24, 2.45) is 0 Å². The lowest BCUT2D eigenvalue weighted by atomic mass is 9.77. The van der Waals surface area contributed by atoms with Crippen LogP contribution in [0.1, 0.15) is 36.8 Å². The van der Waals surface area contributed by atoms with E-state index in [0.29, 0.717) is 0 Å². The highest BCUT2D eigenvalue weighted by atomic mass is 15.0. The molecule has 1 spiro atoms. The van der Waals surface area contributed by atoms with Gasteiger partial charge in [-0.05, 0) is 99.8 Å². The van der Waals surface area contributed by atoms with Crippen LogP contribution in [0.2, 0.25) is 0 Å². The van der Waals surface area contributed by atoms with Crippen LogP contribution in [-0.2, 0) is 5.41 Å². The van der Waals surface area contributed by atoms with E-state index in [0.717, 1.165) is 5.69 Å². The van der Waals surface area contributed by atoms with Crippen molar-refractivity contribution in [2.75, 3.05) is 0 Å². The van der Waals surface area contributed by atoms with Gasteiger partial charge in [-0.25, -0.2) is 0 Å². The van der Waals surface area contributed by atoms with E-state index in [9.17, 15) is 0 Å². The van der Waals surface area contributed by atoms with Gasteiger partial charge in [0.1, 0.15) is 0 Å². The molecule has 1 saturated carbocycles. The third kappa shape index (κ3) is 4.37. The highest BCUT2D eigenvalue weighted by Crippen LogP contribution is 2.57. The SMILES string of the molecule is c1ccc(-c2ccc(-c3ccc(-n4c5ccccc5c5c4ccc4c6ccccc6n(-c6ccc7c(c6)C6(CCCC6)c6ccccc6-7)c45)cc3)cc2)cc1. The molecule has 2 aliphatic rings. The summed E-state index contributed by atoms with van der Waals surface area (Å²) >= 11 is 0. The summed E-state index contributed by atoms with van der Waals surface area (Å²) in [6, 6.07) is 67.8. The molecule has 260 valence electrons. The molecule has 12 rings (SSSR count). The van der Waals surface area contributed by atoms with E-state index in [-0.39, 0.29) is 5.41 Å². The zero-order chi connectivity index (χ0) is 36.1. The topological polar surface area (TPSA) is 9.86 Å².